The molecule has 4 atom stereocenters. The van der Waals surface area contributed by atoms with E-state index in [9.17, 15) is 4.79 Å². The summed E-state index contributed by atoms with van der Waals surface area (Å²) in [5, 5.41) is 6.20. The van der Waals surface area contributed by atoms with Crippen molar-refractivity contribution in [1.82, 2.24) is 10.3 Å². The molecule has 0 aromatic carbocycles. The third-order valence-electron chi connectivity index (χ3n) is 4.46. The lowest BCUT2D eigenvalue weighted by Crippen LogP contribution is -2.37. The molecule has 3 rings (SSSR count). The SMILES string of the molecule is CC(NC(=O)C1CC2CCC1O2)c1nc(C(C)(C)C)cs1. The number of carbonyl (C=O) groups excluding carboxylic acids is 1. The van der Waals surface area contributed by atoms with E-state index in [-0.39, 0.29) is 29.4 Å². The molecule has 3 heterocycles. The summed E-state index contributed by atoms with van der Waals surface area (Å²) in [5.41, 5.74) is 1.14. The lowest BCUT2D eigenvalue weighted by Gasteiger charge is -2.20. The molecule has 2 saturated heterocycles. The summed E-state index contributed by atoms with van der Waals surface area (Å²) < 4.78 is 5.77. The molecule has 2 aliphatic rings. The summed E-state index contributed by atoms with van der Waals surface area (Å²) >= 11 is 1.63. The van der Waals surface area contributed by atoms with Crippen LogP contribution in [0.4, 0.5) is 0 Å². The quantitative estimate of drug-likeness (QED) is 0.933. The number of nitrogens with one attached hydrogen (secondary N) is 1. The van der Waals surface area contributed by atoms with Gasteiger partial charge in [0.1, 0.15) is 5.01 Å². The van der Waals surface area contributed by atoms with Gasteiger partial charge in [0.15, 0.2) is 0 Å². The average Bonchev–Trinajstić information content (AvgIpc) is 3.13. The maximum absolute atomic E-state index is 12.4. The van der Waals surface area contributed by atoms with Crippen LogP contribution >= 0.6 is 11.3 Å². The van der Waals surface area contributed by atoms with Crippen molar-refractivity contribution >= 4 is 17.2 Å². The minimum absolute atomic E-state index is 0.0299. The Morgan fingerprint density at radius 1 is 1.48 bits per heavy atom. The second-order valence-corrected chi connectivity index (χ2v) is 8.16. The molecule has 5 heteroatoms. The standard InChI is InChI=1S/C16H24N2O2S/c1-9(15-18-13(8-21-15)16(2,3)4)17-14(19)11-7-10-5-6-12(11)20-10/h8-12H,5-7H2,1-4H3,(H,17,19). The van der Waals surface area contributed by atoms with Crippen LogP contribution in [0.2, 0.25) is 0 Å². The second-order valence-electron chi connectivity index (χ2n) is 7.27. The van der Waals surface area contributed by atoms with E-state index < -0.39 is 0 Å². The van der Waals surface area contributed by atoms with Crippen LogP contribution in [0.25, 0.3) is 0 Å². The Morgan fingerprint density at radius 3 is 2.76 bits per heavy atom. The van der Waals surface area contributed by atoms with Crippen LogP contribution in [0.15, 0.2) is 5.38 Å². The number of rotatable bonds is 3. The van der Waals surface area contributed by atoms with E-state index in [1.165, 1.54) is 0 Å². The number of fused-ring (bicyclic) bond motifs is 2. The van der Waals surface area contributed by atoms with E-state index in [1.807, 2.05) is 6.92 Å². The zero-order valence-electron chi connectivity index (χ0n) is 13.2. The predicted octanol–water partition coefficient (Wildman–Crippen LogP) is 3.19. The van der Waals surface area contributed by atoms with Crippen LogP contribution in [0, 0.1) is 5.92 Å². The molecule has 1 aromatic rings. The van der Waals surface area contributed by atoms with Gasteiger partial charge in [-0.15, -0.1) is 11.3 Å². The zero-order valence-corrected chi connectivity index (χ0v) is 14.0. The normalized spacial score (nSPS) is 29.6. The van der Waals surface area contributed by atoms with E-state index in [0.29, 0.717) is 6.10 Å². The Morgan fingerprint density at radius 2 is 2.24 bits per heavy atom. The Bertz CT molecular complexity index is 535. The summed E-state index contributed by atoms with van der Waals surface area (Å²) in [6, 6.07) is -0.0299. The molecule has 1 N–H and O–H groups in total. The first kappa shape index (κ1) is 15.0. The molecule has 4 unspecified atom stereocenters. The number of ether oxygens (including phenoxy) is 1. The highest BCUT2D eigenvalue weighted by molar-refractivity contribution is 7.09. The maximum atomic E-state index is 12.4. The van der Waals surface area contributed by atoms with Gasteiger partial charge in [0.2, 0.25) is 5.91 Å². The highest BCUT2D eigenvalue weighted by atomic mass is 32.1. The first-order chi connectivity index (χ1) is 9.84. The number of hydrogen-bond donors (Lipinski definition) is 1. The fourth-order valence-electron chi connectivity index (χ4n) is 3.13. The number of thiazole rings is 1. The molecule has 4 nitrogen and oxygen atoms in total. The lowest BCUT2D eigenvalue weighted by molar-refractivity contribution is -0.127. The molecule has 1 amide bonds. The van der Waals surface area contributed by atoms with Crippen molar-refractivity contribution in [2.24, 2.45) is 5.92 Å². The molecular formula is C16H24N2O2S. The fraction of sp³-hybridized carbons (Fsp3) is 0.750. The van der Waals surface area contributed by atoms with Gasteiger partial charge < -0.3 is 10.1 Å². The minimum Gasteiger partial charge on any atom is -0.374 e. The maximum Gasteiger partial charge on any atom is 0.226 e. The van der Waals surface area contributed by atoms with Gasteiger partial charge in [-0.05, 0) is 26.2 Å². The lowest BCUT2D eigenvalue weighted by atomic mass is 9.88. The molecule has 2 bridgehead atoms. The fourth-order valence-corrected chi connectivity index (χ4v) is 4.18. The van der Waals surface area contributed by atoms with E-state index in [2.05, 4.69) is 36.5 Å². The summed E-state index contributed by atoms with van der Waals surface area (Å²) in [6.07, 6.45) is 3.49. The number of hydrogen-bond acceptors (Lipinski definition) is 4. The van der Waals surface area contributed by atoms with Gasteiger partial charge in [-0.3, -0.25) is 4.79 Å². The van der Waals surface area contributed by atoms with Gasteiger partial charge in [0.05, 0.1) is 29.9 Å². The summed E-state index contributed by atoms with van der Waals surface area (Å²) in [4.78, 5) is 17.1. The number of amides is 1. The van der Waals surface area contributed by atoms with Crippen molar-refractivity contribution < 1.29 is 9.53 Å². The Kier molecular flexibility index (Phi) is 3.82. The molecule has 0 radical (unpaired) electrons. The molecule has 2 aliphatic heterocycles. The molecule has 116 valence electrons. The van der Waals surface area contributed by atoms with Gasteiger partial charge in [0, 0.05) is 10.8 Å². The van der Waals surface area contributed by atoms with E-state index in [1.54, 1.807) is 11.3 Å². The van der Waals surface area contributed by atoms with Gasteiger partial charge in [0.25, 0.3) is 0 Å². The monoisotopic (exact) mass is 308 g/mol. The topological polar surface area (TPSA) is 51.2 Å². The van der Waals surface area contributed by atoms with Crippen LogP contribution in [-0.2, 0) is 14.9 Å². The number of aromatic nitrogens is 1. The minimum atomic E-state index is -0.0299. The molecular weight excluding hydrogens is 284 g/mol. The largest absolute Gasteiger partial charge is 0.374 e. The molecule has 21 heavy (non-hydrogen) atoms. The van der Waals surface area contributed by atoms with E-state index in [4.69, 9.17) is 4.74 Å². The Hall–Kier alpha value is -0.940. The van der Waals surface area contributed by atoms with Crippen LogP contribution in [0.5, 0.6) is 0 Å². The van der Waals surface area contributed by atoms with Crippen LogP contribution < -0.4 is 5.32 Å². The molecule has 0 aliphatic carbocycles. The first-order valence-corrected chi connectivity index (χ1v) is 8.64. The second kappa shape index (κ2) is 5.36. The highest BCUT2D eigenvalue weighted by Gasteiger charge is 2.44. The van der Waals surface area contributed by atoms with Crippen LogP contribution in [0.3, 0.4) is 0 Å². The Balaban J connectivity index is 1.62. The number of carbonyl (C=O) groups is 1. The van der Waals surface area contributed by atoms with Crippen molar-refractivity contribution in [2.75, 3.05) is 0 Å². The van der Waals surface area contributed by atoms with Crippen LogP contribution in [-0.4, -0.2) is 23.1 Å². The van der Waals surface area contributed by atoms with Gasteiger partial charge in [-0.2, -0.15) is 0 Å². The van der Waals surface area contributed by atoms with Gasteiger partial charge >= 0.3 is 0 Å². The average molecular weight is 308 g/mol. The van der Waals surface area contributed by atoms with Crippen molar-refractivity contribution in [3.63, 3.8) is 0 Å². The Labute approximate surface area is 130 Å². The van der Waals surface area contributed by atoms with Gasteiger partial charge in [-0.1, -0.05) is 20.8 Å². The summed E-state index contributed by atoms with van der Waals surface area (Å²) in [7, 11) is 0. The molecule has 1 aromatic heterocycles. The molecule has 0 spiro atoms. The third-order valence-corrected chi connectivity index (χ3v) is 5.49. The smallest absolute Gasteiger partial charge is 0.226 e. The highest BCUT2D eigenvalue weighted by Crippen LogP contribution is 2.39. The summed E-state index contributed by atoms with van der Waals surface area (Å²) in [6.45, 7) is 8.47. The van der Waals surface area contributed by atoms with Crippen molar-refractivity contribution in [3.05, 3.63) is 16.1 Å². The molecule has 2 fully saturated rings. The predicted molar refractivity (Wildman–Crippen MR) is 83.4 cm³/mol. The van der Waals surface area contributed by atoms with Gasteiger partial charge in [-0.25, -0.2) is 4.98 Å². The van der Waals surface area contributed by atoms with E-state index in [0.717, 1.165) is 30.0 Å². The van der Waals surface area contributed by atoms with Crippen LogP contribution in [0.1, 0.15) is 63.7 Å². The van der Waals surface area contributed by atoms with E-state index >= 15 is 0 Å². The third kappa shape index (κ3) is 2.99. The molecule has 0 saturated carbocycles. The van der Waals surface area contributed by atoms with Crippen molar-refractivity contribution in [2.45, 2.75) is 70.6 Å². The zero-order chi connectivity index (χ0) is 15.2. The number of nitrogens with zero attached hydrogens (tertiary/aromatic N) is 1. The summed E-state index contributed by atoms with van der Waals surface area (Å²) in [5.74, 6) is 0.162. The van der Waals surface area contributed by atoms with Crippen molar-refractivity contribution in [3.8, 4) is 0 Å². The first-order valence-electron chi connectivity index (χ1n) is 7.76. The van der Waals surface area contributed by atoms with Crippen molar-refractivity contribution in [1.29, 1.82) is 0 Å².